The number of amides is 1. The van der Waals surface area contributed by atoms with Gasteiger partial charge in [-0.1, -0.05) is 31.2 Å². The summed E-state index contributed by atoms with van der Waals surface area (Å²) < 4.78 is 5.23. The van der Waals surface area contributed by atoms with Gasteiger partial charge in [0, 0.05) is 18.5 Å². The van der Waals surface area contributed by atoms with Crippen LogP contribution in [0.15, 0.2) is 45.6 Å². The van der Waals surface area contributed by atoms with E-state index in [4.69, 9.17) is 4.42 Å². The molecular weight excluding hydrogens is 394 g/mol. The van der Waals surface area contributed by atoms with Crippen molar-refractivity contribution in [2.24, 2.45) is 0 Å². The van der Waals surface area contributed by atoms with Gasteiger partial charge < -0.3 is 19.5 Å². The fourth-order valence-corrected chi connectivity index (χ4v) is 4.43. The summed E-state index contributed by atoms with van der Waals surface area (Å²) in [6.45, 7) is 5.19. The lowest BCUT2D eigenvalue weighted by Crippen LogP contribution is -2.39. The quantitative estimate of drug-likeness (QED) is 0.490. The topological polar surface area (TPSA) is 91.0 Å². The first-order valence-electron chi connectivity index (χ1n) is 10.7. The summed E-state index contributed by atoms with van der Waals surface area (Å²) in [5.74, 6) is -0.479. The van der Waals surface area contributed by atoms with Gasteiger partial charge in [-0.25, -0.2) is 4.79 Å². The van der Waals surface area contributed by atoms with E-state index in [-0.39, 0.29) is 23.7 Å². The van der Waals surface area contributed by atoms with Crippen molar-refractivity contribution < 1.29 is 19.4 Å². The van der Waals surface area contributed by atoms with Gasteiger partial charge in [-0.2, -0.15) is 0 Å². The molecule has 0 saturated carbocycles. The molecule has 6 nitrogen and oxygen atoms in total. The molecule has 1 aliphatic heterocycles. The molecule has 2 N–H and O–H groups in total. The first-order chi connectivity index (χ1) is 14.9. The second-order valence-corrected chi connectivity index (χ2v) is 8.23. The van der Waals surface area contributed by atoms with Crippen molar-refractivity contribution in [3.05, 3.63) is 69.1 Å². The van der Waals surface area contributed by atoms with Crippen molar-refractivity contribution in [3.8, 4) is 11.5 Å². The zero-order valence-electron chi connectivity index (χ0n) is 17.9. The Bertz CT molecular complexity index is 1190. The Labute approximate surface area is 180 Å². The summed E-state index contributed by atoms with van der Waals surface area (Å²) in [7, 11) is 0. The first-order valence-corrected chi connectivity index (χ1v) is 10.7. The van der Waals surface area contributed by atoms with Crippen LogP contribution in [-0.2, 0) is 17.6 Å². The molecule has 162 valence electrons. The number of phenols is 2. The highest BCUT2D eigenvalue weighted by Gasteiger charge is 2.26. The number of fused-ring (bicyclic) bond motifs is 1. The van der Waals surface area contributed by atoms with E-state index >= 15 is 0 Å². The molecule has 0 spiro atoms. The molecule has 1 fully saturated rings. The number of phenolic OH excluding ortho intramolecular Hbond substituents is 2. The third kappa shape index (κ3) is 4.02. The number of benzene rings is 2. The van der Waals surface area contributed by atoms with E-state index in [0.29, 0.717) is 35.5 Å². The molecule has 0 radical (unpaired) electrons. The lowest BCUT2D eigenvalue weighted by molar-refractivity contribution is -0.131. The number of nitrogens with zero attached hydrogens (tertiary/aromatic N) is 1. The standard InChI is InChI=1S/C25H27NO5/c1-3-16-5-4-6-18(13-16)17-9-11-26(12-10-17)22(28)14-20-15(2)19-7-8-21(27)23(29)24(19)31-25(20)30/h4-8,13,17,27,29H,3,9-12,14H2,1-2H3. The highest BCUT2D eigenvalue weighted by molar-refractivity contribution is 5.89. The van der Waals surface area contributed by atoms with Crippen LogP contribution in [0, 0.1) is 6.92 Å². The van der Waals surface area contributed by atoms with Crippen molar-refractivity contribution in [2.75, 3.05) is 13.1 Å². The zero-order valence-corrected chi connectivity index (χ0v) is 17.9. The van der Waals surface area contributed by atoms with Crippen LogP contribution in [-0.4, -0.2) is 34.1 Å². The molecule has 1 aromatic heterocycles. The number of carbonyl (C=O) groups excluding carboxylic acids is 1. The van der Waals surface area contributed by atoms with Crippen LogP contribution in [0.5, 0.6) is 11.5 Å². The SMILES string of the molecule is CCc1cccc(C2CCN(C(=O)Cc3c(C)c4ccc(O)c(O)c4oc3=O)CC2)c1. The molecule has 3 aromatic rings. The number of hydrogen-bond acceptors (Lipinski definition) is 5. The molecule has 2 aromatic carbocycles. The third-order valence-corrected chi connectivity index (χ3v) is 6.41. The van der Waals surface area contributed by atoms with Crippen LogP contribution in [0.25, 0.3) is 11.0 Å². The average molecular weight is 421 g/mol. The number of likely N-dealkylation sites (tertiary alicyclic amines) is 1. The van der Waals surface area contributed by atoms with E-state index in [9.17, 15) is 19.8 Å². The second-order valence-electron chi connectivity index (χ2n) is 8.23. The van der Waals surface area contributed by atoms with Gasteiger partial charge in [-0.3, -0.25) is 4.79 Å². The minimum atomic E-state index is -0.662. The van der Waals surface area contributed by atoms with E-state index in [2.05, 4.69) is 31.2 Å². The van der Waals surface area contributed by atoms with Crippen LogP contribution in [0.3, 0.4) is 0 Å². The van der Waals surface area contributed by atoms with Crippen molar-refractivity contribution >= 4 is 16.9 Å². The normalized spacial score (nSPS) is 14.8. The number of rotatable bonds is 4. The maximum Gasteiger partial charge on any atom is 0.340 e. The zero-order chi connectivity index (χ0) is 22.1. The Morgan fingerprint density at radius 1 is 1.16 bits per heavy atom. The predicted octanol–water partition coefficient (Wildman–Crippen LogP) is 4.02. The molecular formula is C25H27NO5. The Morgan fingerprint density at radius 3 is 2.61 bits per heavy atom. The highest BCUT2D eigenvalue weighted by Crippen LogP contribution is 2.35. The van der Waals surface area contributed by atoms with Crippen LogP contribution < -0.4 is 5.63 Å². The molecule has 31 heavy (non-hydrogen) atoms. The smallest absolute Gasteiger partial charge is 0.340 e. The van der Waals surface area contributed by atoms with Gasteiger partial charge in [0.1, 0.15) is 0 Å². The highest BCUT2D eigenvalue weighted by atomic mass is 16.4. The summed E-state index contributed by atoms with van der Waals surface area (Å²) in [4.78, 5) is 27.2. The molecule has 0 unspecified atom stereocenters. The van der Waals surface area contributed by atoms with Crippen molar-refractivity contribution in [2.45, 2.75) is 45.4 Å². The van der Waals surface area contributed by atoms with E-state index in [1.165, 1.54) is 17.2 Å². The summed E-state index contributed by atoms with van der Waals surface area (Å²) in [6.07, 6.45) is 2.77. The van der Waals surface area contributed by atoms with Gasteiger partial charge in [-0.05, 0) is 60.9 Å². The average Bonchev–Trinajstić information content (AvgIpc) is 2.79. The monoisotopic (exact) mass is 421 g/mol. The predicted molar refractivity (Wildman–Crippen MR) is 119 cm³/mol. The van der Waals surface area contributed by atoms with Crippen LogP contribution in [0.1, 0.15) is 47.9 Å². The van der Waals surface area contributed by atoms with Crippen molar-refractivity contribution in [1.82, 2.24) is 4.90 Å². The molecule has 6 heteroatoms. The third-order valence-electron chi connectivity index (χ3n) is 6.41. The fraction of sp³-hybridized carbons (Fsp3) is 0.360. The van der Waals surface area contributed by atoms with Crippen LogP contribution >= 0.6 is 0 Å². The van der Waals surface area contributed by atoms with Crippen molar-refractivity contribution in [3.63, 3.8) is 0 Å². The van der Waals surface area contributed by atoms with Gasteiger partial charge >= 0.3 is 5.63 Å². The van der Waals surface area contributed by atoms with E-state index < -0.39 is 11.4 Å². The lowest BCUT2D eigenvalue weighted by Gasteiger charge is -2.32. The van der Waals surface area contributed by atoms with E-state index in [1.54, 1.807) is 13.0 Å². The molecule has 1 aliphatic rings. The van der Waals surface area contributed by atoms with Gasteiger partial charge in [0.15, 0.2) is 11.3 Å². The van der Waals surface area contributed by atoms with Crippen molar-refractivity contribution in [1.29, 1.82) is 0 Å². The minimum absolute atomic E-state index is 0.0399. The number of piperidine rings is 1. The summed E-state index contributed by atoms with van der Waals surface area (Å²) >= 11 is 0. The van der Waals surface area contributed by atoms with E-state index in [0.717, 1.165) is 19.3 Å². The Morgan fingerprint density at radius 2 is 1.90 bits per heavy atom. The van der Waals surface area contributed by atoms with Gasteiger partial charge in [0.2, 0.25) is 11.7 Å². The fourth-order valence-electron chi connectivity index (χ4n) is 4.43. The maximum absolute atomic E-state index is 12.9. The van der Waals surface area contributed by atoms with Gasteiger partial charge in [0.05, 0.1) is 12.0 Å². The van der Waals surface area contributed by atoms with Gasteiger partial charge in [0.25, 0.3) is 0 Å². The summed E-state index contributed by atoms with van der Waals surface area (Å²) in [5, 5.41) is 20.1. The van der Waals surface area contributed by atoms with Gasteiger partial charge in [-0.15, -0.1) is 0 Å². The second kappa shape index (κ2) is 8.46. The molecule has 0 bridgehead atoms. The lowest BCUT2D eigenvalue weighted by atomic mass is 9.88. The number of aryl methyl sites for hydroxylation is 2. The molecule has 1 amide bonds. The van der Waals surface area contributed by atoms with E-state index in [1.807, 2.05) is 4.90 Å². The molecule has 1 saturated heterocycles. The number of carbonyl (C=O) groups is 1. The summed E-state index contributed by atoms with van der Waals surface area (Å²) in [5.41, 5.74) is 2.82. The first kappa shape index (κ1) is 21.0. The largest absolute Gasteiger partial charge is 0.504 e. The Hall–Kier alpha value is -3.28. The molecule has 4 rings (SSSR count). The minimum Gasteiger partial charge on any atom is -0.504 e. The summed E-state index contributed by atoms with van der Waals surface area (Å²) in [6, 6.07) is 11.6. The molecule has 2 heterocycles. The Balaban J connectivity index is 1.49. The Kier molecular flexibility index (Phi) is 5.72. The number of hydrogen-bond donors (Lipinski definition) is 2. The van der Waals surface area contributed by atoms with Crippen LogP contribution in [0.4, 0.5) is 0 Å². The molecule has 0 aliphatic carbocycles. The molecule has 0 atom stereocenters. The van der Waals surface area contributed by atoms with Crippen LogP contribution in [0.2, 0.25) is 0 Å². The maximum atomic E-state index is 12.9. The number of aromatic hydroxyl groups is 2.